The summed E-state index contributed by atoms with van der Waals surface area (Å²) in [5, 5.41) is 6.67. The molecule has 1 aliphatic carbocycles. The van der Waals surface area contributed by atoms with E-state index in [-0.39, 0.29) is 0 Å². The highest BCUT2D eigenvalue weighted by Crippen LogP contribution is 2.51. The molecule has 1 aromatic rings. The van der Waals surface area contributed by atoms with Gasteiger partial charge in [-0.3, -0.25) is 0 Å². The Bertz CT molecular complexity index is 447. The number of nitrogens with zero attached hydrogens (tertiary/aromatic N) is 2. The van der Waals surface area contributed by atoms with Gasteiger partial charge in [0, 0.05) is 25.8 Å². The lowest BCUT2D eigenvalue weighted by molar-refractivity contribution is 0.128. The van der Waals surface area contributed by atoms with Crippen molar-refractivity contribution in [1.29, 1.82) is 0 Å². The standard InChI is InChI=1S/C15H26N4O/c1-5-16-12-7-13(17-9-11-8-15(11,3)4)19-14(18-12)10-20-6-2/h7,11H,5-6,8-10H2,1-4H3,(H2,16,17,18,19). The van der Waals surface area contributed by atoms with Gasteiger partial charge in [0.25, 0.3) is 0 Å². The number of hydrogen-bond donors (Lipinski definition) is 2. The van der Waals surface area contributed by atoms with Crippen LogP contribution in [-0.4, -0.2) is 29.7 Å². The maximum Gasteiger partial charge on any atom is 0.158 e. The third-order valence-electron chi connectivity index (χ3n) is 3.81. The molecule has 1 atom stereocenters. The van der Waals surface area contributed by atoms with Crippen LogP contribution in [0.25, 0.3) is 0 Å². The number of rotatable bonds is 8. The number of aromatic nitrogens is 2. The quantitative estimate of drug-likeness (QED) is 0.765. The van der Waals surface area contributed by atoms with Crippen molar-refractivity contribution in [2.24, 2.45) is 11.3 Å². The van der Waals surface area contributed by atoms with Gasteiger partial charge in [-0.25, -0.2) is 9.97 Å². The molecular formula is C15H26N4O. The minimum Gasteiger partial charge on any atom is -0.374 e. The van der Waals surface area contributed by atoms with Crippen LogP contribution in [0.15, 0.2) is 6.07 Å². The predicted octanol–water partition coefficient (Wildman–Crippen LogP) is 2.90. The van der Waals surface area contributed by atoms with E-state index >= 15 is 0 Å². The molecule has 1 unspecified atom stereocenters. The van der Waals surface area contributed by atoms with E-state index in [1.165, 1.54) is 6.42 Å². The maximum atomic E-state index is 5.40. The molecule has 2 rings (SSSR count). The van der Waals surface area contributed by atoms with Crippen LogP contribution < -0.4 is 10.6 Å². The van der Waals surface area contributed by atoms with E-state index in [0.29, 0.717) is 18.6 Å². The van der Waals surface area contributed by atoms with Crippen molar-refractivity contribution in [3.63, 3.8) is 0 Å². The van der Waals surface area contributed by atoms with Gasteiger partial charge in [0.15, 0.2) is 5.82 Å². The summed E-state index contributed by atoms with van der Waals surface area (Å²) in [5.74, 6) is 3.21. The number of nitrogens with one attached hydrogen (secondary N) is 2. The van der Waals surface area contributed by atoms with E-state index in [4.69, 9.17) is 4.74 Å². The molecule has 0 radical (unpaired) electrons. The van der Waals surface area contributed by atoms with Crippen LogP contribution in [0.2, 0.25) is 0 Å². The van der Waals surface area contributed by atoms with Crippen LogP contribution in [0.4, 0.5) is 11.6 Å². The van der Waals surface area contributed by atoms with Gasteiger partial charge in [-0.2, -0.15) is 0 Å². The van der Waals surface area contributed by atoms with Crippen LogP contribution in [0, 0.1) is 11.3 Å². The van der Waals surface area contributed by atoms with Crippen LogP contribution in [0.1, 0.15) is 39.9 Å². The predicted molar refractivity (Wildman–Crippen MR) is 81.9 cm³/mol. The molecule has 0 spiro atoms. The van der Waals surface area contributed by atoms with Crippen molar-refractivity contribution in [3.05, 3.63) is 11.9 Å². The van der Waals surface area contributed by atoms with E-state index in [2.05, 4.69) is 41.4 Å². The fourth-order valence-corrected chi connectivity index (χ4v) is 2.27. The van der Waals surface area contributed by atoms with Crippen molar-refractivity contribution < 1.29 is 4.74 Å². The van der Waals surface area contributed by atoms with E-state index in [0.717, 1.165) is 36.5 Å². The summed E-state index contributed by atoms with van der Waals surface area (Å²) in [6.45, 7) is 11.6. The largest absolute Gasteiger partial charge is 0.374 e. The minimum atomic E-state index is 0.458. The SMILES string of the molecule is CCNc1cc(NCC2CC2(C)C)nc(COCC)n1. The highest BCUT2D eigenvalue weighted by atomic mass is 16.5. The monoisotopic (exact) mass is 278 g/mol. The fraction of sp³-hybridized carbons (Fsp3) is 0.733. The van der Waals surface area contributed by atoms with E-state index in [1.807, 2.05) is 13.0 Å². The summed E-state index contributed by atoms with van der Waals surface area (Å²) in [6, 6.07) is 1.97. The van der Waals surface area contributed by atoms with E-state index < -0.39 is 0 Å². The Morgan fingerprint density at radius 2 is 1.90 bits per heavy atom. The van der Waals surface area contributed by atoms with Gasteiger partial charge < -0.3 is 15.4 Å². The molecule has 0 aliphatic heterocycles. The first-order chi connectivity index (χ1) is 9.55. The molecule has 1 fully saturated rings. The molecule has 1 saturated carbocycles. The lowest BCUT2D eigenvalue weighted by atomic mass is 10.1. The van der Waals surface area contributed by atoms with Gasteiger partial charge in [0.2, 0.25) is 0 Å². The molecule has 20 heavy (non-hydrogen) atoms. The average Bonchev–Trinajstić information content (AvgIpc) is 3.02. The van der Waals surface area contributed by atoms with E-state index in [1.54, 1.807) is 0 Å². The van der Waals surface area contributed by atoms with Crippen molar-refractivity contribution in [2.45, 2.75) is 40.7 Å². The highest BCUT2D eigenvalue weighted by molar-refractivity contribution is 5.47. The number of hydrogen-bond acceptors (Lipinski definition) is 5. The zero-order valence-electron chi connectivity index (χ0n) is 13.0. The molecule has 1 heterocycles. The first-order valence-electron chi connectivity index (χ1n) is 7.48. The molecule has 1 aliphatic rings. The molecule has 112 valence electrons. The third-order valence-corrected chi connectivity index (χ3v) is 3.81. The van der Waals surface area contributed by atoms with Gasteiger partial charge in [-0.1, -0.05) is 13.8 Å². The van der Waals surface area contributed by atoms with Crippen LogP contribution in [0.5, 0.6) is 0 Å². The Kier molecular flexibility index (Phi) is 4.81. The minimum absolute atomic E-state index is 0.458. The first-order valence-corrected chi connectivity index (χ1v) is 7.48. The normalized spacial score (nSPS) is 19.7. The van der Waals surface area contributed by atoms with Crippen molar-refractivity contribution >= 4 is 11.6 Å². The fourth-order valence-electron chi connectivity index (χ4n) is 2.27. The second-order valence-corrected chi connectivity index (χ2v) is 5.99. The molecular weight excluding hydrogens is 252 g/mol. The smallest absolute Gasteiger partial charge is 0.158 e. The van der Waals surface area contributed by atoms with Gasteiger partial charge in [0.05, 0.1) is 0 Å². The second kappa shape index (κ2) is 6.39. The molecule has 5 heteroatoms. The zero-order valence-corrected chi connectivity index (χ0v) is 13.0. The summed E-state index contributed by atoms with van der Waals surface area (Å²) in [4.78, 5) is 8.96. The molecule has 0 aromatic carbocycles. The molecule has 2 N–H and O–H groups in total. The third kappa shape index (κ3) is 4.07. The van der Waals surface area contributed by atoms with Gasteiger partial charge in [0.1, 0.15) is 18.2 Å². The molecule has 0 amide bonds. The number of ether oxygens (including phenoxy) is 1. The molecule has 1 aromatic heterocycles. The Balaban J connectivity index is 2.00. The second-order valence-electron chi connectivity index (χ2n) is 5.99. The lowest BCUT2D eigenvalue weighted by Gasteiger charge is -2.11. The van der Waals surface area contributed by atoms with Crippen molar-refractivity contribution in [3.8, 4) is 0 Å². The Labute approximate surface area is 121 Å². The van der Waals surface area contributed by atoms with Gasteiger partial charge >= 0.3 is 0 Å². The maximum absolute atomic E-state index is 5.40. The van der Waals surface area contributed by atoms with Crippen molar-refractivity contribution in [1.82, 2.24) is 9.97 Å². The average molecular weight is 278 g/mol. The summed E-state index contributed by atoms with van der Waals surface area (Å²) in [6.07, 6.45) is 1.29. The molecule has 0 bridgehead atoms. The first kappa shape index (κ1) is 15.0. The molecule has 5 nitrogen and oxygen atoms in total. The Hall–Kier alpha value is -1.36. The van der Waals surface area contributed by atoms with Gasteiger partial charge in [-0.05, 0) is 31.6 Å². The highest BCUT2D eigenvalue weighted by Gasteiger charge is 2.44. The van der Waals surface area contributed by atoms with Crippen LogP contribution >= 0.6 is 0 Å². The van der Waals surface area contributed by atoms with Crippen molar-refractivity contribution in [2.75, 3.05) is 30.3 Å². The van der Waals surface area contributed by atoms with Crippen LogP contribution in [0.3, 0.4) is 0 Å². The van der Waals surface area contributed by atoms with Crippen LogP contribution in [-0.2, 0) is 11.3 Å². The van der Waals surface area contributed by atoms with E-state index in [9.17, 15) is 0 Å². The zero-order chi connectivity index (χ0) is 14.6. The van der Waals surface area contributed by atoms with Gasteiger partial charge in [-0.15, -0.1) is 0 Å². The summed E-state index contributed by atoms with van der Waals surface area (Å²) >= 11 is 0. The summed E-state index contributed by atoms with van der Waals surface area (Å²) in [5.41, 5.74) is 0.485. The summed E-state index contributed by atoms with van der Waals surface area (Å²) in [7, 11) is 0. The topological polar surface area (TPSA) is 59.1 Å². The lowest BCUT2D eigenvalue weighted by Crippen LogP contribution is -2.12. The molecule has 0 saturated heterocycles. The Morgan fingerprint density at radius 1 is 1.25 bits per heavy atom. The number of anilines is 2. The summed E-state index contributed by atoms with van der Waals surface area (Å²) < 4.78 is 5.40. The Morgan fingerprint density at radius 3 is 2.45 bits per heavy atom.